The zero-order chi connectivity index (χ0) is 26.9. The molecule has 0 fully saturated rings. The van der Waals surface area contributed by atoms with Crippen molar-refractivity contribution in [2.45, 2.75) is 0 Å². The van der Waals surface area contributed by atoms with Crippen LogP contribution in [0.2, 0.25) is 0 Å². The number of phenols is 7. The predicted octanol–water partition coefficient (Wildman–Crippen LogP) is 4.26. The average molecular weight is 500 g/mol. The highest BCUT2D eigenvalue weighted by Crippen LogP contribution is 2.37. The second-order valence-corrected chi connectivity index (χ2v) is 8.15. The summed E-state index contributed by atoms with van der Waals surface area (Å²) in [6.07, 6.45) is 3.28. The van der Waals surface area contributed by atoms with Crippen LogP contribution < -0.4 is 0 Å². The normalized spacial score (nSPS) is 11.0. The molecule has 0 radical (unpaired) electrons. The van der Waals surface area contributed by atoms with Crippen molar-refractivity contribution < 1.29 is 45.3 Å². The third-order valence-corrected chi connectivity index (χ3v) is 5.50. The first-order chi connectivity index (χ1) is 17.5. The average Bonchev–Trinajstić information content (AvgIpc) is 2.88. The first-order valence-electron chi connectivity index (χ1n) is 10.7. The molecular formula is C28H20O9. The molecule has 4 rings (SSSR count). The van der Waals surface area contributed by atoms with Crippen LogP contribution in [0.3, 0.4) is 0 Å². The number of aromatic hydroxyl groups is 7. The Bertz CT molecular complexity index is 1430. The maximum absolute atomic E-state index is 13.2. The molecule has 4 aromatic rings. The highest BCUT2D eigenvalue weighted by molar-refractivity contribution is 6.14. The van der Waals surface area contributed by atoms with Gasteiger partial charge in [-0.2, -0.15) is 0 Å². The number of phenolic OH excluding ortho intramolecular Hbond substituents is 7. The summed E-state index contributed by atoms with van der Waals surface area (Å²) in [6.45, 7) is 0. The summed E-state index contributed by atoms with van der Waals surface area (Å²) in [6, 6.07) is 14.3. The Kier molecular flexibility index (Phi) is 6.45. The molecule has 9 heteroatoms. The fraction of sp³-hybridized carbons (Fsp3) is 0. The van der Waals surface area contributed by atoms with E-state index >= 15 is 0 Å². The molecule has 37 heavy (non-hydrogen) atoms. The minimum Gasteiger partial charge on any atom is -0.508 e. The van der Waals surface area contributed by atoms with Crippen molar-refractivity contribution in [1.29, 1.82) is 0 Å². The molecule has 0 spiro atoms. The van der Waals surface area contributed by atoms with Crippen molar-refractivity contribution in [2.75, 3.05) is 0 Å². The minimum atomic E-state index is -0.787. The van der Waals surface area contributed by atoms with Crippen LogP contribution in [0.5, 0.6) is 40.2 Å². The van der Waals surface area contributed by atoms with E-state index in [2.05, 4.69) is 0 Å². The minimum absolute atomic E-state index is 0.00656. The quantitative estimate of drug-likeness (QED) is 0.116. The zero-order valence-electron chi connectivity index (χ0n) is 19.0. The number of hydrogen-bond donors (Lipinski definition) is 7. The third kappa shape index (κ3) is 5.15. The van der Waals surface area contributed by atoms with Gasteiger partial charge in [0.1, 0.15) is 5.75 Å². The lowest BCUT2D eigenvalue weighted by Crippen LogP contribution is -2.07. The summed E-state index contributed by atoms with van der Waals surface area (Å²) in [5.41, 5.74) is 0.781. The molecular weight excluding hydrogens is 480 g/mol. The Balaban J connectivity index is 1.82. The van der Waals surface area contributed by atoms with Gasteiger partial charge in [0.2, 0.25) is 0 Å². The van der Waals surface area contributed by atoms with Crippen LogP contribution in [0, 0.1) is 0 Å². The highest BCUT2D eigenvalue weighted by Gasteiger charge is 2.20. The van der Waals surface area contributed by atoms with Crippen LogP contribution in [0.15, 0.2) is 66.7 Å². The van der Waals surface area contributed by atoms with Crippen molar-refractivity contribution in [3.8, 4) is 40.2 Å². The van der Waals surface area contributed by atoms with Gasteiger partial charge in [0.05, 0.1) is 0 Å². The van der Waals surface area contributed by atoms with Crippen LogP contribution in [0.4, 0.5) is 0 Å². The van der Waals surface area contributed by atoms with Crippen LogP contribution >= 0.6 is 0 Å². The van der Waals surface area contributed by atoms with Gasteiger partial charge in [-0.1, -0.05) is 24.3 Å². The molecule has 0 saturated carbocycles. The van der Waals surface area contributed by atoms with E-state index in [1.807, 2.05) is 0 Å². The van der Waals surface area contributed by atoms with Crippen molar-refractivity contribution in [3.05, 3.63) is 100 Å². The first kappa shape index (κ1) is 24.7. The van der Waals surface area contributed by atoms with Gasteiger partial charge in [-0.25, -0.2) is 0 Å². The van der Waals surface area contributed by atoms with Gasteiger partial charge in [0.15, 0.2) is 46.1 Å². The fourth-order valence-corrected chi connectivity index (χ4v) is 3.59. The third-order valence-electron chi connectivity index (χ3n) is 5.50. The van der Waals surface area contributed by atoms with Gasteiger partial charge < -0.3 is 35.7 Å². The van der Waals surface area contributed by atoms with E-state index in [4.69, 9.17) is 0 Å². The molecule has 0 aromatic heterocycles. The molecule has 0 aliphatic carbocycles. The number of hydrogen-bond acceptors (Lipinski definition) is 9. The predicted molar refractivity (Wildman–Crippen MR) is 133 cm³/mol. The summed E-state index contributed by atoms with van der Waals surface area (Å²) in [5.74, 6) is -5.70. The van der Waals surface area contributed by atoms with Crippen molar-refractivity contribution in [2.24, 2.45) is 0 Å². The molecule has 0 saturated heterocycles. The Morgan fingerprint density at radius 2 is 0.811 bits per heavy atom. The van der Waals surface area contributed by atoms with E-state index in [9.17, 15) is 45.3 Å². The van der Waals surface area contributed by atoms with E-state index in [-0.39, 0.29) is 28.0 Å². The van der Waals surface area contributed by atoms with E-state index in [0.29, 0.717) is 11.1 Å². The van der Waals surface area contributed by atoms with Gasteiger partial charge in [-0.05, 0) is 65.7 Å². The van der Waals surface area contributed by atoms with Crippen LogP contribution in [0.1, 0.15) is 43.0 Å². The van der Waals surface area contributed by atoms with Gasteiger partial charge >= 0.3 is 0 Å². The lowest BCUT2D eigenvalue weighted by molar-refractivity contribution is 0.103. The van der Waals surface area contributed by atoms with E-state index in [1.165, 1.54) is 30.3 Å². The van der Waals surface area contributed by atoms with E-state index in [1.54, 1.807) is 24.3 Å². The Morgan fingerprint density at radius 3 is 1.22 bits per heavy atom. The lowest BCUT2D eigenvalue weighted by atomic mass is 9.94. The molecule has 0 aliphatic rings. The monoisotopic (exact) mass is 500 g/mol. The summed E-state index contributed by atoms with van der Waals surface area (Å²) in [7, 11) is 0. The maximum Gasteiger partial charge on any atom is 0.200 e. The van der Waals surface area contributed by atoms with Crippen molar-refractivity contribution in [1.82, 2.24) is 0 Å². The Hall–Kier alpha value is -5.44. The summed E-state index contributed by atoms with van der Waals surface area (Å²) < 4.78 is 0. The lowest BCUT2D eigenvalue weighted by Gasteiger charge is -2.10. The number of carbonyl (C=O) groups is 2. The number of rotatable bonds is 6. The molecule has 186 valence electrons. The van der Waals surface area contributed by atoms with Gasteiger partial charge in [-0.3, -0.25) is 9.59 Å². The standard InChI is InChI=1S/C28H20O9/c29-20-5-3-14(4-6-20)1-2-15-7-16(25(34)18-10-21(30)27(36)22(31)11-18)9-17(8-15)26(35)19-12-23(32)28(37)24(33)13-19/h1-13,29-33,36-37H/b2-1+. The zero-order valence-corrected chi connectivity index (χ0v) is 19.0. The Morgan fingerprint density at radius 1 is 0.459 bits per heavy atom. The summed E-state index contributed by atoms with van der Waals surface area (Å²) in [4.78, 5) is 26.4. The molecule has 0 heterocycles. The van der Waals surface area contributed by atoms with Crippen LogP contribution in [-0.4, -0.2) is 47.3 Å². The summed E-state index contributed by atoms with van der Waals surface area (Å²) in [5, 5.41) is 67.9. The maximum atomic E-state index is 13.2. The second-order valence-electron chi connectivity index (χ2n) is 8.15. The second kappa shape index (κ2) is 9.67. The van der Waals surface area contributed by atoms with Crippen molar-refractivity contribution in [3.63, 3.8) is 0 Å². The van der Waals surface area contributed by atoms with Gasteiger partial charge in [0.25, 0.3) is 0 Å². The highest BCUT2D eigenvalue weighted by atomic mass is 16.3. The molecule has 0 atom stereocenters. The number of benzene rings is 4. The number of ketones is 2. The Labute approximate surface area is 209 Å². The first-order valence-corrected chi connectivity index (χ1v) is 10.7. The van der Waals surface area contributed by atoms with Gasteiger partial charge in [0, 0.05) is 22.3 Å². The van der Waals surface area contributed by atoms with E-state index < -0.39 is 46.1 Å². The molecule has 0 amide bonds. The molecule has 0 bridgehead atoms. The van der Waals surface area contributed by atoms with E-state index in [0.717, 1.165) is 24.3 Å². The van der Waals surface area contributed by atoms with Crippen LogP contribution in [-0.2, 0) is 0 Å². The molecule has 0 unspecified atom stereocenters. The summed E-state index contributed by atoms with van der Waals surface area (Å²) >= 11 is 0. The molecule has 9 nitrogen and oxygen atoms in total. The van der Waals surface area contributed by atoms with Gasteiger partial charge in [-0.15, -0.1) is 0 Å². The largest absolute Gasteiger partial charge is 0.508 e. The fourth-order valence-electron chi connectivity index (χ4n) is 3.59. The topological polar surface area (TPSA) is 176 Å². The SMILES string of the molecule is O=C(c1cc(/C=C/c2ccc(O)cc2)cc(C(=O)c2cc(O)c(O)c(O)c2)c1)c1cc(O)c(O)c(O)c1. The van der Waals surface area contributed by atoms with Crippen molar-refractivity contribution >= 4 is 23.7 Å². The molecule has 4 aromatic carbocycles. The smallest absolute Gasteiger partial charge is 0.200 e. The number of carbonyl (C=O) groups excluding carboxylic acids is 2. The molecule has 7 N–H and O–H groups in total. The van der Waals surface area contributed by atoms with Crippen LogP contribution in [0.25, 0.3) is 12.2 Å². The molecule has 0 aliphatic heterocycles.